The summed E-state index contributed by atoms with van der Waals surface area (Å²) in [4.78, 5) is 26.1. The average molecular weight is 1400 g/mol. The van der Waals surface area contributed by atoms with Gasteiger partial charge < -0.3 is 31.8 Å². The van der Waals surface area contributed by atoms with Gasteiger partial charge in [0.25, 0.3) is 0 Å². The average Bonchev–Trinajstić information content (AvgIpc) is 1.51. The number of rotatable bonds is 6. The lowest BCUT2D eigenvalue weighted by Crippen LogP contribution is -2.41. The molecule has 18 aromatic rings. The SMILES string of the molecule is CC1(C)OB(c2ccc3c(c2)c2ccccc2n3-c2ccccc2)OC1(C)C.O=c1c2ccc(-c3ccc4c(c3)c3ccccc3n4-c3ccccc3)cc2oc2cc(-c3ccc4c(c3)c3ccccc3n4-c3ccccc3)ccc12.O=c1c2ccc(Br)cc2oc2cc(Br)ccc12. The fourth-order valence-electron chi connectivity index (χ4n) is 14.0. The summed E-state index contributed by atoms with van der Waals surface area (Å²) in [5.41, 5.74) is 17.2. The number of aromatic nitrogens is 3. The normalized spacial score (nSPS) is 13.6. The minimum Gasteiger partial charge on any atom is -0.456 e. The maximum atomic E-state index is 13.8. The largest absolute Gasteiger partial charge is 0.494 e. The van der Waals surface area contributed by atoms with Gasteiger partial charge in [-0.25, -0.2) is 0 Å². The van der Waals surface area contributed by atoms with Crippen LogP contribution in [0.25, 0.3) is 149 Å². The molecule has 12 heteroatoms. The number of hydrogen-bond donors (Lipinski definition) is 0. The molecule has 98 heavy (non-hydrogen) atoms. The Morgan fingerprint density at radius 2 is 0.582 bits per heavy atom. The fourth-order valence-corrected chi connectivity index (χ4v) is 14.7. The molecule has 0 saturated carbocycles. The van der Waals surface area contributed by atoms with Crippen LogP contribution in [0.3, 0.4) is 0 Å². The number of hydrogen-bond acceptors (Lipinski definition) is 6. The number of benzene rings is 13. The first kappa shape index (κ1) is 60.8. The topological polar surface area (TPSA) is 93.7 Å². The first-order valence-corrected chi connectivity index (χ1v) is 34.2. The highest BCUT2D eigenvalue weighted by molar-refractivity contribution is 9.10. The summed E-state index contributed by atoms with van der Waals surface area (Å²) in [7, 11) is -0.353. The zero-order valence-electron chi connectivity index (χ0n) is 53.8. The predicted molar refractivity (Wildman–Crippen MR) is 411 cm³/mol. The lowest BCUT2D eigenvalue weighted by Gasteiger charge is -2.32. The highest BCUT2D eigenvalue weighted by atomic mass is 79.9. The van der Waals surface area contributed by atoms with Crippen molar-refractivity contribution >= 4 is 154 Å². The summed E-state index contributed by atoms with van der Waals surface area (Å²) in [5, 5.41) is 9.55. The van der Waals surface area contributed by atoms with E-state index in [4.69, 9.17) is 18.1 Å². The van der Waals surface area contributed by atoms with Crippen LogP contribution in [0, 0.1) is 0 Å². The van der Waals surface area contributed by atoms with E-state index in [1.54, 1.807) is 24.3 Å². The Hall–Kier alpha value is -10.9. The van der Waals surface area contributed by atoms with Gasteiger partial charge in [-0.3, -0.25) is 9.59 Å². The lowest BCUT2D eigenvalue weighted by molar-refractivity contribution is 0.00578. The van der Waals surface area contributed by atoms with Gasteiger partial charge in [0.15, 0.2) is 0 Å². The van der Waals surface area contributed by atoms with Crippen LogP contribution in [0.4, 0.5) is 0 Å². The van der Waals surface area contributed by atoms with Crippen LogP contribution in [0.15, 0.2) is 319 Å². The molecule has 472 valence electrons. The van der Waals surface area contributed by atoms with Gasteiger partial charge in [0.05, 0.1) is 65.8 Å². The summed E-state index contributed by atoms with van der Waals surface area (Å²) >= 11 is 6.73. The Morgan fingerprint density at radius 1 is 0.286 bits per heavy atom. The molecular weight excluding hydrogens is 1340 g/mol. The highest BCUT2D eigenvalue weighted by Gasteiger charge is 2.51. The predicted octanol–water partition coefficient (Wildman–Crippen LogP) is 22.0. The van der Waals surface area contributed by atoms with E-state index in [1.165, 1.54) is 54.4 Å². The van der Waals surface area contributed by atoms with Gasteiger partial charge in [-0.15, -0.1) is 0 Å². The van der Waals surface area contributed by atoms with Crippen LogP contribution in [-0.4, -0.2) is 32.0 Å². The number of halogens is 2. The van der Waals surface area contributed by atoms with Gasteiger partial charge in [0, 0.05) is 58.3 Å². The molecule has 0 aliphatic carbocycles. The Labute approximate surface area is 580 Å². The first-order chi connectivity index (χ1) is 47.7. The fraction of sp³-hybridized carbons (Fsp3) is 0.0698. The van der Waals surface area contributed by atoms with Gasteiger partial charge in [0.1, 0.15) is 22.3 Å². The zero-order chi connectivity index (χ0) is 66.6. The molecule has 1 aliphatic heterocycles. The van der Waals surface area contributed by atoms with Crippen molar-refractivity contribution in [2.75, 3.05) is 0 Å². The molecule has 0 radical (unpaired) electrons. The van der Waals surface area contributed by atoms with E-state index in [1.807, 2.05) is 66.7 Å². The molecule has 0 spiro atoms. The molecule has 6 heterocycles. The standard InChI is InChI=1S/C49H30N2O2.C24H24BNO2.C13H6Br2O2/c52-49-39-23-19-33(31-21-25-45-41(27-31)37-15-7-9-17-43(37)50(45)35-11-3-1-4-12-35)29-47(39)53-48-30-34(20-24-40(48)49)32-22-26-46-42(28-32)38-16-8-10-18-44(38)51(46)36-13-5-2-6-14-36;1-23(2)24(3,4)28-25(27-23)17-14-15-22-20(16-17)19-12-8-9-13-21(19)26(22)18-10-6-5-7-11-18;14-7-1-3-9-11(5-7)17-12-6-8(15)2-4-10(12)13(9)16/h1-30H;5-16H,1-4H3;1-6H. The summed E-state index contributed by atoms with van der Waals surface area (Å²) in [6.45, 7) is 8.36. The van der Waals surface area contributed by atoms with Crippen LogP contribution in [0.5, 0.6) is 0 Å². The third kappa shape index (κ3) is 10.5. The molecular formula is C86H60BBr2N3O6. The maximum absolute atomic E-state index is 13.8. The van der Waals surface area contributed by atoms with Crippen molar-refractivity contribution in [1.82, 2.24) is 13.7 Å². The Morgan fingerprint density at radius 3 is 0.969 bits per heavy atom. The minimum absolute atomic E-state index is 0.00116. The van der Waals surface area contributed by atoms with E-state index >= 15 is 0 Å². The van der Waals surface area contributed by atoms with Crippen molar-refractivity contribution in [3.05, 3.63) is 321 Å². The van der Waals surface area contributed by atoms with Crippen molar-refractivity contribution in [2.24, 2.45) is 0 Å². The van der Waals surface area contributed by atoms with E-state index in [2.05, 4.69) is 273 Å². The van der Waals surface area contributed by atoms with Gasteiger partial charge in [0.2, 0.25) is 10.9 Å². The van der Waals surface area contributed by atoms with E-state index in [0.29, 0.717) is 43.9 Å². The third-order valence-corrected chi connectivity index (χ3v) is 20.5. The van der Waals surface area contributed by atoms with Crippen molar-refractivity contribution in [3.8, 4) is 39.3 Å². The number of para-hydroxylation sites is 6. The molecule has 0 amide bonds. The van der Waals surface area contributed by atoms with Gasteiger partial charge in [-0.05, 0) is 201 Å². The molecule has 1 aliphatic rings. The van der Waals surface area contributed by atoms with E-state index < -0.39 is 0 Å². The zero-order valence-corrected chi connectivity index (χ0v) is 57.0. The van der Waals surface area contributed by atoms with Gasteiger partial charge in [-0.2, -0.15) is 0 Å². The Kier molecular flexibility index (Phi) is 14.9. The number of nitrogens with zero attached hydrogens (tertiary/aromatic N) is 3. The van der Waals surface area contributed by atoms with Crippen LogP contribution in [0.2, 0.25) is 0 Å². The van der Waals surface area contributed by atoms with Crippen molar-refractivity contribution in [1.29, 1.82) is 0 Å². The Bertz CT molecular complexity index is 6060. The molecule has 0 bridgehead atoms. The van der Waals surface area contributed by atoms with Crippen LogP contribution in [0.1, 0.15) is 27.7 Å². The summed E-state index contributed by atoms with van der Waals surface area (Å²) in [6.07, 6.45) is 0. The molecule has 0 atom stereocenters. The van der Waals surface area contributed by atoms with Gasteiger partial charge >= 0.3 is 7.12 Å². The molecule has 9 nitrogen and oxygen atoms in total. The summed E-state index contributed by atoms with van der Waals surface area (Å²) in [6, 6.07) is 99.5. The van der Waals surface area contributed by atoms with Crippen molar-refractivity contribution < 1.29 is 18.1 Å². The summed E-state index contributed by atoms with van der Waals surface area (Å²) < 4.78 is 33.6. The first-order valence-electron chi connectivity index (χ1n) is 32.7. The van der Waals surface area contributed by atoms with Crippen molar-refractivity contribution in [3.63, 3.8) is 0 Å². The molecule has 0 unspecified atom stereocenters. The number of fused-ring (bicyclic) bond motifs is 13. The second-order valence-corrected chi connectivity index (χ2v) is 27.8. The second-order valence-electron chi connectivity index (χ2n) is 26.0. The van der Waals surface area contributed by atoms with E-state index in [0.717, 1.165) is 64.8 Å². The van der Waals surface area contributed by atoms with Crippen LogP contribution in [-0.2, 0) is 9.31 Å². The maximum Gasteiger partial charge on any atom is 0.494 e. The minimum atomic E-state index is -0.353. The third-order valence-electron chi connectivity index (χ3n) is 19.5. The molecule has 5 aromatic heterocycles. The van der Waals surface area contributed by atoms with Crippen molar-refractivity contribution in [2.45, 2.75) is 38.9 Å². The molecule has 0 N–H and O–H groups in total. The quantitative estimate of drug-likeness (QED) is 0.122. The smallest absolute Gasteiger partial charge is 0.456 e. The van der Waals surface area contributed by atoms with Gasteiger partial charge in [-0.1, -0.05) is 177 Å². The lowest BCUT2D eigenvalue weighted by atomic mass is 9.78. The molecule has 1 fully saturated rings. The monoisotopic (exact) mass is 1400 g/mol. The van der Waals surface area contributed by atoms with E-state index in [9.17, 15) is 9.59 Å². The van der Waals surface area contributed by atoms with Crippen LogP contribution < -0.4 is 16.3 Å². The molecule has 13 aromatic carbocycles. The van der Waals surface area contributed by atoms with E-state index in [-0.39, 0.29) is 29.2 Å². The highest BCUT2D eigenvalue weighted by Crippen LogP contribution is 2.41. The Balaban J connectivity index is 0.000000132. The second kappa shape index (κ2) is 24.0. The molecule has 19 rings (SSSR count). The molecule has 1 saturated heterocycles. The van der Waals surface area contributed by atoms with Crippen LogP contribution >= 0.6 is 31.9 Å². The summed E-state index contributed by atoms with van der Waals surface area (Å²) in [5.74, 6) is 0.